The minimum absolute atomic E-state index is 0.852. The Morgan fingerprint density at radius 2 is 1.69 bits per heavy atom. The molecule has 16 heavy (non-hydrogen) atoms. The number of hydrogen-bond donors (Lipinski definition) is 0. The van der Waals surface area contributed by atoms with Gasteiger partial charge in [-0.25, -0.2) is 0 Å². The zero-order valence-electron chi connectivity index (χ0n) is 11.0. The van der Waals surface area contributed by atoms with Crippen molar-refractivity contribution < 1.29 is 0 Å². The standard InChI is InChI=1S/C14H24ClN/c1-6-9-14(12(4)13(5)15)16(10-7-2)11-8-3/h6,9H,1,7-8,10-11H2,2-5H3/b13-12+,14-9+. The summed E-state index contributed by atoms with van der Waals surface area (Å²) in [6.07, 6.45) is 6.16. The van der Waals surface area contributed by atoms with Crippen molar-refractivity contribution in [3.8, 4) is 0 Å². The Morgan fingerprint density at radius 1 is 1.19 bits per heavy atom. The number of hydrogen-bond acceptors (Lipinski definition) is 1. The molecule has 0 aromatic carbocycles. The van der Waals surface area contributed by atoms with E-state index in [4.69, 9.17) is 11.6 Å². The summed E-state index contributed by atoms with van der Waals surface area (Å²) in [6.45, 7) is 14.3. The molecule has 0 aliphatic rings. The lowest BCUT2D eigenvalue weighted by atomic mass is 10.1. The van der Waals surface area contributed by atoms with Gasteiger partial charge in [-0.2, -0.15) is 0 Å². The van der Waals surface area contributed by atoms with Crippen LogP contribution in [-0.2, 0) is 0 Å². The molecular weight excluding hydrogens is 218 g/mol. The second-order valence-corrected chi connectivity index (χ2v) is 4.50. The smallest absolute Gasteiger partial charge is 0.0407 e. The van der Waals surface area contributed by atoms with Crippen molar-refractivity contribution in [2.75, 3.05) is 13.1 Å². The van der Waals surface area contributed by atoms with Crippen molar-refractivity contribution in [2.24, 2.45) is 0 Å². The Morgan fingerprint density at radius 3 is 2.00 bits per heavy atom. The molecule has 0 aliphatic heterocycles. The van der Waals surface area contributed by atoms with E-state index < -0.39 is 0 Å². The number of allylic oxidation sites excluding steroid dienone is 4. The highest BCUT2D eigenvalue weighted by Gasteiger charge is 2.10. The van der Waals surface area contributed by atoms with Crippen molar-refractivity contribution in [3.63, 3.8) is 0 Å². The van der Waals surface area contributed by atoms with Gasteiger partial charge in [0.05, 0.1) is 0 Å². The van der Waals surface area contributed by atoms with Crippen molar-refractivity contribution in [3.05, 3.63) is 35.0 Å². The van der Waals surface area contributed by atoms with E-state index >= 15 is 0 Å². The van der Waals surface area contributed by atoms with Gasteiger partial charge < -0.3 is 4.90 Å². The lowest BCUT2D eigenvalue weighted by molar-refractivity contribution is 0.350. The number of nitrogens with zero attached hydrogens (tertiary/aromatic N) is 1. The maximum Gasteiger partial charge on any atom is 0.0407 e. The van der Waals surface area contributed by atoms with Crippen LogP contribution in [0.2, 0.25) is 0 Å². The van der Waals surface area contributed by atoms with Crippen molar-refractivity contribution >= 4 is 11.6 Å². The molecule has 0 aliphatic carbocycles. The van der Waals surface area contributed by atoms with Gasteiger partial charge in [-0.1, -0.05) is 38.1 Å². The predicted octanol–water partition coefficient (Wildman–Crippen LogP) is 4.71. The Labute approximate surface area is 105 Å². The number of halogens is 1. The molecule has 0 atom stereocenters. The van der Waals surface area contributed by atoms with Crippen LogP contribution in [0.1, 0.15) is 40.5 Å². The average molecular weight is 242 g/mol. The van der Waals surface area contributed by atoms with Gasteiger partial charge in [0.2, 0.25) is 0 Å². The van der Waals surface area contributed by atoms with E-state index in [0.29, 0.717) is 0 Å². The summed E-state index contributed by atoms with van der Waals surface area (Å²) in [5.41, 5.74) is 2.34. The fourth-order valence-corrected chi connectivity index (χ4v) is 1.75. The van der Waals surface area contributed by atoms with Crippen LogP contribution in [-0.4, -0.2) is 18.0 Å². The van der Waals surface area contributed by atoms with Crippen LogP contribution in [0, 0.1) is 0 Å². The van der Waals surface area contributed by atoms with Crippen LogP contribution < -0.4 is 0 Å². The Hall–Kier alpha value is -0.690. The normalized spacial score (nSPS) is 13.4. The summed E-state index contributed by atoms with van der Waals surface area (Å²) >= 11 is 6.08. The molecule has 0 aromatic rings. The Bertz CT molecular complexity index is 266. The topological polar surface area (TPSA) is 3.24 Å². The molecule has 2 heteroatoms. The summed E-state index contributed by atoms with van der Waals surface area (Å²) < 4.78 is 0. The first-order valence-electron chi connectivity index (χ1n) is 5.99. The van der Waals surface area contributed by atoms with E-state index in [-0.39, 0.29) is 0 Å². The highest BCUT2D eigenvalue weighted by molar-refractivity contribution is 6.29. The predicted molar refractivity (Wildman–Crippen MR) is 74.7 cm³/mol. The Kier molecular flexibility index (Phi) is 8.10. The molecule has 0 heterocycles. The summed E-state index contributed by atoms with van der Waals surface area (Å²) in [5, 5.41) is 0.852. The molecule has 0 N–H and O–H groups in total. The summed E-state index contributed by atoms with van der Waals surface area (Å²) in [6, 6.07) is 0. The summed E-state index contributed by atoms with van der Waals surface area (Å²) in [5.74, 6) is 0. The molecule has 0 rings (SSSR count). The van der Waals surface area contributed by atoms with Crippen LogP contribution >= 0.6 is 11.6 Å². The molecule has 0 bridgehead atoms. The van der Waals surface area contributed by atoms with Gasteiger partial charge in [0.25, 0.3) is 0 Å². The van der Waals surface area contributed by atoms with Gasteiger partial charge in [-0.3, -0.25) is 0 Å². The second kappa shape index (κ2) is 8.46. The molecule has 0 radical (unpaired) electrons. The lowest BCUT2D eigenvalue weighted by Gasteiger charge is -2.27. The summed E-state index contributed by atoms with van der Waals surface area (Å²) in [4.78, 5) is 2.38. The summed E-state index contributed by atoms with van der Waals surface area (Å²) in [7, 11) is 0. The molecule has 0 saturated heterocycles. The van der Waals surface area contributed by atoms with E-state index in [1.54, 1.807) is 0 Å². The molecule has 0 unspecified atom stereocenters. The fourth-order valence-electron chi connectivity index (χ4n) is 1.65. The van der Waals surface area contributed by atoms with E-state index in [1.165, 1.54) is 5.70 Å². The van der Waals surface area contributed by atoms with E-state index in [9.17, 15) is 0 Å². The lowest BCUT2D eigenvalue weighted by Crippen LogP contribution is -2.25. The minimum atomic E-state index is 0.852. The molecular formula is C14H24ClN. The highest BCUT2D eigenvalue weighted by atomic mass is 35.5. The monoisotopic (exact) mass is 241 g/mol. The maximum atomic E-state index is 6.08. The number of rotatable bonds is 7. The zero-order chi connectivity index (χ0) is 12.6. The van der Waals surface area contributed by atoms with Gasteiger partial charge in [0, 0.05) is 23.8 Å². The molecule has 0 amide bonds. The van der Waals surface area contributed by atoms with E-state index in [0.717, 1.165) is 36.5 Å². The van der Waals surface area contributed by atoms with Gasteiger partial charge in [0.1, 0.15) is 0 Å². The third-order valence-corrected chi connectivity index (χ3v) is 2.79. The van der Waals surface area contributed by atoms with E-state index in [2.05, 4.69) is 32.3 Å². The van der Waals surface area contributed by atoms with Crippen molar-refractivity contribution in [1.29, 1.82) is 0 Å². The average Bonchev–Trinajstić information content (AvgIpc) is 2.24. The minimum Gasteiger partial charge on any atom is -0.371 e. The highest BCUT2D eigenvalue weighted by Crippen LogP contribution is 2.21. The van der Waals surface area contributed by atoms with E-state index in [1.807, 2.05) is 19.1 Å². The largest absolute Gasteiger partial charge is 0.371 e. The van der Waals surface area contributed by atoms with Crippen LogP contribution in [0.4, 0.5) is 0 Å². The third-order valence-electron chi connectivity index (χ3n) is 2.50. The van der Waals surface area contributed by atoms with Gasteiger partial charge >= 0.3 is 0 Å². The van der Waals surface area contributed by atoms with Crippen LogP contribution in [0.3, 0.4) is 0 Å². The quantitative estimate of drug-likeness (QED) is 0.584. The molecule has 0 saturated carbocycles. The van der Waals surface area contributed by atoms with Gasteiger partial charge in [0.15, 0.2) is 0 Å². The maximum absolute atomic E-state index is 6.08. The molecule has 0 fully saturated rings. The Balaban J connectivity index is 5.07. The van der Waals surface area contributed by atoms with Crippen LogP contribution in [0.25, 0.3) is 0 Å². The van der Waals surface area contributed by atoms with Crippen LogP contribution in [0.5, 0.6) is 0 Å². The SMILES string of the molecule is C=C/C=C(\C(C)=C(/C)Cl)N(CCC)CCC. The molecule has 1 nitrogen and oxygen atoms in total. The van der Waals surface area contributed by atoms with Crippen molar-refractivity contribution in [2.45, 2.75) is 40.5 Å². The fraction of sp³-hybridized carbons (Fsp3) is 0.571. The third kappa shape index (κ3) is 4.89. The first-order valence-corrected chi connectivity index (χ1v) is 6.37. The van der Waals surface area contributed by atoms with Crippen LogP contribution in [0.15, 0.2) is 35.0 Å². The molecule has 0 spiro atoms. The first kappa shape index (κ1) is 15.3. The zero-order valence-corrected chi connectivity index (χ0v) is 11.8. The van der Waals surface area contributed by atoms with Gasteiger partial charge in [-0.05, 0) is 38.3 Å². The first-order chi connectivity index (χ1) is 7.58. The van der Waals surface area contributed by atoms with Crippen molar-refractivity contribution in [1.82, 2.24) is 4.90 Å². The van der Waals surface area contributed by atoms with Gasteiger partial charge in [-0.15, -0.1) is 0 Å². The second-order valence-electron chi connectivity index (χ2n) is 3.93. The molecule has 92 valence electrons. The molecule has 0 aromatic heterocycles.